The highest BCUT2D eigenvalue weighted by atomic mass is 79.9. The van der Waals surface area contributed by atoms with Gasteiger partial charge in [-0.2, -0.15) is 0 Å². The average Bonchev–Trinajstić information content (AvgIpc) is 2.49. The molecule has 1 aromatic carbocycles. The Kier molecular flexibility index (Phi) is 8.31. The van der Waals surface area contributed by atoms with Crippen LogP contribution in [0.4, 0.5) is 4.39 Å². The van der Waals surface area contributed by atoms with Crippen LogP contribution in [-0.2, 0) is 11.3 Å². The van der Waals surface area contributed by atoms with E-state index in [1.54, 1.807) is 12.1 Å². The van der Waals surface area contributed by atoms with Crippen LogP contribution in [0, 0.1) is 5.82 Å². The highest BCUT2D eigenvalue weighted by Crippen LogP contribution is 2.17. The van der Waals surface area contributed by atoms with Crippen LogP contribution in [-0.4, -0.2) is 55.5 Å². The maximum absolute atomic E-state index is 13.7. The van der Waals surface area contributed by atoms with E-state index < -0.39 is 0 Å². The van der Waals surface area contributed by atoms with Gasteiger partial charge in [0.15, 0.2) is 0 Å². The molecule has 2 rings (SSSR count). The highest BCUT2D eigenvalue weighted by Gasteiger charge is 2.16. The molecular weight excluding hydrogens is 373 g/mol. The molecule has 7 heteroatoms. The lowest BCUT2D eigenvalue weighted by Gasteiger charge is -2.28. The van der Waals surface area contributed by atoms with Crippen molar-refractivity contribution < 1.29 is 9.18 Å². The number of benzene rings is 1. The maximum atomic E-state index is 13.7. The van der Waals surface area contributed by atoms with Gasteiger partial charge in [-0.05, 0) is 25.2 Å². The Balaban J connectivity index is 0.00000242. The van der Waals surface area contributed by atoms with Gasteiger partial charge in [0, 0.05) is 55.7 Å². The summed E-state index contributed by atoms with van der Waals surface area (Å²) >= 11 is 3.35. The predicted molar refractivity (Wildman–Crippen MR) is 91.7 cm³/mol. The fraction of sp³-hybridized carbons (Fsp3) is 0.533. The molecule has 0 bridgehead atoms. The van der Waals surface area contributed by atoms with Crippen molar-refractivity contribution in [2.45, 2.75) is 13.0 Å². The van der Waals surface area contributed by atoms with Crippen LogP contribution in [0.15, 0.2) is 22.7 Å². The van der Waals surface area contributed by atoms with E-state index in [2.05, 4.69) is 21.2 Å². The number of carbonyl (C=O) groups is 1. The Morgan fingerprint density at radius 2 is 2.09 bits per heavy atom. The topological polar surface area (TPSA) is 35.6 Å². The van der Waals surface area contributed by atoms with Gasteiger partial charge in [-0.3, -0.25) is 4.79 Å². The fourth-order valence-corrected chi connectivity index (χ4v) is 2.80. The van der Waals surface area contributed by atoms with E-state index in [1.165, 1.54) is 6.07 Å². The number of piperazine rings is 1. The molecule has 1 N–H and O–H groups in total. The second kappa shape index (κ2) is 9.45. The lowest BCUT2D eigenvalue weighted by molar-refractivity contribution is -0.132. The van der Waals surface area contributed by atoms with Crippen LogP contribution < -0.4 is 5.32 Å². The minimum atomic E-state index is -0.210. The third-order valence-electron chi connectivity index (χ3n) is 3.63. The van der Waals surface area contributed by atoms with Crippen LogP contribution in [0.2, 0.25) is 0 Å². The van der Waals surface area contributed by atoms with Crippen LogP contribution in [0.3, 0.4) is 0 Å². The van der Waals surface area contributed by atoms with E-state index in [4.69, 9.17) is 0 Å². The number of carbonyl (C=O) groups excluding carboxylic acids is 1. The molecule has 124 valence electrons. The zero-order valence-electron chi connectivity index (χ0n) is 12.6. The molecule has 1 aliphatic rings. The van der Waals surface area contributed by atoms with Crippen molar-refractivity contribution >= 4 is 34.2 Å². The standard InChI is InChI=1S/C15H21BrFN3O.ClH/c1-19(11-12-10-13(16)2-3-14(12)17)7-4-15(21)20-8-5-18-6-9-20;/h2-3,10,18H,4-9,11H2,1H3;1H. The van der Waals surface area contributed by atoms with Crippen molar-refractivity contribution in [2.75, 3.05) is 39.8 Å². The van der Waals surface area contributed by atoms with E-state index >= 15 is 0 Å². The summed E-state index contributed by atoms with van der Waals surface area (Å²) in [4.78, 5) is 15.9. The summed E-state index contributed by atoms with van der Waals surface area (Å²) in [6, 6.07) is 4.93. The van der Waals surface area contributed by atoms with Gasteiger partial charge in [-0.25, -0.2) is 4.39 Å². The summed E-state index contributed by atoms with van der Waals surface area (Å²) in [6.07, 6.45) is 0.478. The molecule has 1 aliphatic heterocycles. The van der Waals surface area contributed by atoms with Gasteiger partial charge in [0.2, 0.25) is 5.91 Å². The van der Waals surface area contributed by atoms with Crippen molar-refractivity contribution in [3.8, 4) is 0 Å². The first-order valence-electron chi connectivity index (χ1n) is 7.17. The second-order valence-corrected chi connectivity index (χ2v) is 6.27. The van der Waals surface area contributed by atoms with Crippen LogP contribution in [0.25, 0.3) is 0 Å². The number of nitrogens with one attached hydrogen (secondary N) is 1. The molecule has 1 fully saturated rings. The lowest BCUT2D eigenvalue weighted by Crippen LogP contribution is -2.47. The van der Waals surface area contributed by atoms with Gasteiger partial charge in [-0.1, -0.05) is 15.9 Å². The van der Waals surface area contributed by atoms with Gasteiger partial charge in [0.25, 0.3) is 0 Å². The van der Waals surface area contributed by atoms with Gasteiger partial charge in [0.1, 0.15) is 5.82 Å². The molecule has 0 saturated carbocycles. The molecule has 1 amide bonds. The molecule has 1 heterocycles. The van der Waals surface area contributed by atoms with Crippen molar-refractivity contribution in [1.82, 2.24) is 15.1 Å². The van der Waals surface area contributed by atoms with E-state index in [9.17, 15) is 9.18 Å². The quantitative estimate of drug-likeness (QED) is 0.832. The Bertz CT molecular complexity index is 498. The van der Waals surface area contributed by atoms with Gasteiger partial charge >= 0.3 is 0 Å². The number of hydrogen-bond acceptors (Lipinski definition) is 3. The Morgan fingerprint density at radius 1 is 1.41 bits per heavy atom. The van der Waals surface area contributed by atoms with Gasteiger partial charge in [0.05, 0.1) is 0 Å². The van der Waals surface area contributed by atoms with Crippen LogP contribution in [0.5, 0.6) is 0 Å². The molecular formula is C15H22BrClFN3O. The predicted octanol–water partition coefficient (Wildman–Crippen LogP) is 2.26. The summed E-state index contributed by atoms with van der Waals surface area (Å²) in [7, 11) is 1.91. The third-order valence-corrected chi connectivity index (χ3v) is 4.12. The summed E-state index contributed by atoms with van der Waals surface area (Å²) in [5, 5.41) is 3.23. The van der Waals surface area contributed by atoms with Gasteiger partial charge in [-0.15, -0.1) is 12.4 Å². The molecule has 22 heavy (non-hydrogen) atoms. The first kappa shape index (κ1) is 19.4. The normalized spacial score (nSPS) is 14.8. The van der Waals surface area contributed by atoms with E-state index in [0.717, 1.165) is 30.7 Å². The minimum Gasteiger partial charge on any atom is -0.340 e. The first-order chi connectivity index (χ1) is 10.1. The molecule has 0 aromatic heterocycles. The molecule has 4 nitrogen and oxygen atoms in total. The maximum Gasteiger partial charge on any atom is 0.223 e. The number of hydrogen-bond donors (Lipinski definition) is 1. The molecule has 1 aromatic rings. The molecule has 0 aliphatic carbocycles. The average molecular weight is 395 g/mol. The fourth-order valence-electron chi connectivity index (χ4n) is 2.39. The van der Waals surface area contributed by atoms with E-state index in [-0.39, 0.29) is 24.1 Å². The summed E-state index contributed by atoms with van der Waals surface area (Å²) in [6.45, 7) is 4.43. The summed E-state index contributed by atoms with van der Waals surface area (Å²) < 4.78 is 14.6. The van der Waals surface area contributed by atoms with Crippen LogP contribution >= 0.6 is 28.3 Å². The zero-order valence-corrected chi connectivity index (χ0v) is 15.1. The first-order valence-corrected chi connectivity index (χ1v) is 7.96. The minimum absolute atomic E-state index is 0. The van der Waals surface area contributed by atoms with E-state index in [0.29, 0.717) is 25.1 Å². The second-order valence-electron chi connectivity index (χ2n) is 5.35. The smallest absolute Gasteiger partial charge is 0.223 e. The molecule has 0 unspecified atom stereocenters. The van der Waals surface area contributed by atoms with Crippen molar-refractivity contribution in [3.05, 3.63) is 34.1 Å². The molecule has 0 spiro atoms. The highest BCUT2D eigenvalue weighted by molar-refractivity contribution is 9.10. The number of nitrogens with zero attached hydrogens (tertiary/aromatic N) is 2. The summed E-state index contributed by atoms with van der Waals surface area (Å²) in [5.41, 5.74) is 0.640. The van der Waals surface area contributed by atoms with Gasteiger partial charge < -0.3 is 15.1 Å². The third kappa shape index (κ3) is 5.83. The monoisotopic (exact) mass is 393 g/mol. The number of halogens is 3. The SMILES string of the molecule is CN(CCC(=O)N1CCNCC1)Cc1cc(Br)ccc1F.Cl. The van der Waals surface area contributed by atoms with E-state index in [1.807, 2.05) is 16.8 Å². The Labute approximate surface area is 145 Å². The molecule has 0 atom stereocenters. The van der Waals surface area contributed by atoms with Crippen molar-refractivity contribution in [2.24, 2.45) is 0 Å². The Morgan fingerprint density at radius 3 is 2.77 bits per heavy atom. The number of rotatable bonds is 5. The number of amides is 1. The van der Waals surface area contributed by atoms with Crippen molar-refractivity contribution in [1.29, 1.82) is 0 Å². The zero-order chi connectivity index (χ0) is 15.2. The Hall–Kier alpha value is -0.690. The molecule has 1 saturated heterocycles. The van der Waals surface area contributed by atoms with Crippen LogP contribution in [0.1, 0.15) is 12.0 Å². The molecule has 0 radical (unpaired) electrons. The van der Waals surface area contributed by atoms with Crippen molar-refractivity contribution in [3.63, 3.8) is 0 Å². The summed E-state index contributed by atoms with van der Waals surface area (Å²) in [5.74, 6) is -0.0310. The largest absolute Gasteiger partial charge is 0.340 e. The lowest BCUT2D eigenvalue weighted by atomic mass is 10.2.